The fraction of sp³-hybridized carbons (Fsp3) is 0.0870. The van der Waals surface area contributed by atoms with Crippen molar-refractivity contribution in [3.8, 4) is 0 Å². The number of anilines is 5. The van der Waals surface area contributed by atoms with E-state index in [9.17, 15) is 17.2 Å². The van der Waals surface area contributed by atoms with Crippen LogP contribution >= 0.6 is 0 Å². The number of aryl methyl sites for hydroxylation is 2. The molecule has 0 spiro atoms. The Labute approximate surface area is 195 Å². The Balaban J connectivity index is 1.49. The molecule has 174 valence electrons. The maximum Gasteiger partial charge on any atom is 0.267 e. The van der Waals surface area contributed by atoms with Gasteiger partial charge in [0.1, 0.15) is 34.9 Å². The standard InChI is InChI=1S/C23H20F2N6O2S/c1-14-10-11-26-20(12-14)30-22-13-21(27-15(2)28-22)29-16-6-8-17(9-7-16)31-34(32,33)23-18(24)4-3-5-19(23)25/h3-13,31H,1-2H3,(H2,26,27,28,29,30). The molecule has 3 N–H and O–H groups in total. The van der Waals surface area contributed by atoms with Gasteiger partial charge in [0.15, 0.2) is 4.90 Å². The van der Waals surface area contributed by atoms with Crippen molar-refractivity contribution in [2.45, 2.75) is 18.7 Å². The Hall–Kier alpha value is -4.12. The van der Waals surface area contributed by atoms with E-state index in [1.54, 1.807) is 31.3 Å². The van der Waals surface area contributed by atoms with Gasteiger partial charge < -0.3 is 10.6 Å². The summed E-state index contributed by atoms with van der Waals surface area (Å²) in [5.41, 5.74) is 1.80. The fourth-order valence-electron chi connectivity index (χ4n) is 3.15. The van der Waals surface area contributed by atoms with E-state index >= 15 is 0 Å². The quantitative estimate of drug-likeness (QED) is 0.338. The van der Waals surface area contributed by atoms with Gasteiger partial charge in [0.25, 0.3) is 10.0 Å². The maximum atomic E-state index is 13.9. The van der Waals surface area contributed by atoms with Crippen molar-refractivity contribution in [1.82, 2.24) is 15.0 Å². The topological polar surface area (TPSA) is 109 Å². The first-order valence-corrected chi connectivity index (χ1v) is 11.6. The highest BCUT2D eigenvalue weighted by molar-refractivity contribution is 7.92. The molecule has 8 nitrogen and oxygen atoms in total. The van der Waals surface area contributed by atoms with E-state index in [2.05, 4.69) is 30.3 Å². The molecule has 0 aliphatic carbocycles. The van der Waals surface area contributed by atoms with Crippen LogP contribution in [0.5, 0.6) is 0 Å². The van der Waals surface area contributed by atoms with Crippen LogP contribution in [-0.4, -0.2) is 23.4 Å². The number of hydrogen-bond donors (Lipinski definition) is 3. The number of halogens is 2. The van der Waals surface area contributed by atoms with E-state index < -0.39 is 26.6 Å². The van der Waals surface area contributed by atoms with Gasteiger partial charge in [-0.15, -0.1) is 0 Å². The predicted octanol–water partition coefficient (Wildman–Crippen LogP) is 5.05. The number of aromatic nitrogens is 3. The predicted molar refractivity (Wildman–Crippen MR) is 126 cm³/mol. The summed E-state index contributed by atoms with van der Waals surface area (Å²) in [7, 11) is -4.45. The highest BCUT2D eigenvalue weighted by atomic mass is 32.2. The first-order valence-electron chi connectivity index (χ1n) is 10.1. The van der Waals surface area contributed by atoms with Gasteiger partial charge in [-0.25, -0.2) is 32.2 Å². The van der Waals surface area contributed by atoms with Gasteiger partial charge in [-0.2, -0.15) is 0 Å². The number of rotatable bonds is 7. The van der Waals surface area contributed by atoms with Crippen LogP contribution in [0.15, 0.2) is 71.8 Å². The van der Waals surface area contributed by atoms with Crippen molar-refractivity contribution in [2.24, 2.45) is 0 Å². The molecule has 0 fully saturated rings. The largest absolute Gasteiger partial charge is 0.340 e. The van der Waals surface area contributed by atoms with E-state index in [1.165, 1.54) is 12.1 Å². The van der Waals surface area contributed by atoms with Crippen LogP contribution in [0.4, 0.5) is 37.6 Å². The second kappa shape index (κ2) is 9.40. The fourth-order valence-corrected chi connectivity index (χ4v) is 4.34. The zero-order valence-corrected chi connectivity index (χ0v) is 19.0. The second-order valence-electron chi connectivity index (χ2n) is 7.39. The van der Waals surface area contributed by atoms with Crippen LogP contribution < -0.4 is 15.4 Å². The summed E-state index contributed by atoms with van der Waals surface area (Å²) in [4.78, 5) is 11.9. The molecule has 0 saturated carbocycles. The highest BCUT2D eigenvalue weighted by Crippen LogP contribution is 2.24. The molecule has 0 bridgehead atoms. The van der Waals surface area contributed by atoms with E-state index in [1.807, 2.05) is 19.1 Å². The van der Waals surface area contributed by atoms with Crippen molar-refractivity contribution in [3.63, 3.8) is 0 Å². The lowest BCUT2D eigenvalue weighted by Gasteiger charge is -2.12. The van der Waals surface area contributed by atoms with Crippen LogP contribution in [0, 0.1) is 25.5 Å². The van der Waals surface area contributed by atoms with Crippen LogP contribution in [0.1, 0.15) is 11.4 Å². The molecule has 4 aromatic rings. The summed E-state index contributed by atoms with van der Waals surface area (Å²) in [6, 6.07) is 14.5. The van der Waals surface area contributed by atoms with Gasteiger partial charge in [-0.3, -0.25) is 4.72 Å². The maximum absolute atomic E-state index is 13.9. The number of benzene rings is 2. The van der Waals surface area contributed by atoms with E-state index in [4.69, 9.17) is 0 Å². The zero-order valence-electron chi connectivity index (χ0n) is 18.2. The Bertz CT molecular complexity index is 1430. The van der Waals surface area contributed by atoms with Crippen molar-refractivity contribution >= 4 is 38.9 Å². The average Bonchev–Trinajstić information content (AvgIpc) is 2.74. The number of hydrogen-bond acceptors (Lipinski definition) is 7. The molecule has 4 rings (SSSR count). The van der Waals surface area contributed by atoms with Crippen LogP contribution in [-0.2, 0) is 10.0 Å². The minimum Gasteiger partial charge on any atom is -0.340 e. The summed E-state index contributed by atoms with van der Waals surface area (Å²) in [6.07, 6.45) is 1.70. The van der Waals surface area contributed by atoms with Gasteiger partial charge in [-0.05, 0) is 67.9 Å². The molecule has 2 aromatic carbocycles. The zero-order chi connectivity index (χ0) is 24.3. The molecular weight excluding hydrogens is 462 g/mol. The van der Waals surface area contributed by atoms with E-state index in [0.717, 1.165) is 23.8 Å². The second-order valence-corrected chi connectivity index (χ2v) is 9.01. The summed E-state index contributed by atoms with van der Waals surface area (Å²) < 4.78 is 54.8. The first-order chi connectivity index (χ1) is 16.2. The van der Waals surface area contributed by atoms with Crippen molar-refractivity contribution in [1.29, 1.82) is 0 Å². The number of sulfonamides is 1. The van der Waals surface area contributed by atoms with Crippen molar-refractivity contribution in [3.05, 3.63) is 89.9 Å². The SMILES string of the molecule is Cc1ccnc(Nc2cc(Nc3ccc(NS(=O)(=O)c4c(F)cccc4F)cc3)nc(C)n2)c1. The van der Waals surface area contributed by atoms with E-state index in [-0.39, 0.29) is 5.69 Å². The lowest BCUT2D eigenvalue weighted by atomic mass is 10.3. The Morgan fingerprint density at radius 1 is 0.765 bits per heavy atom. The van der Waals surface area contributed by atoms with Gasteiger partial charge in [-0.1, -0.05) is 6.07 Å². The summed E-state index contributed by atoms with van der Waals surface area (Å²) in [5.74, 6) is -0.123. The highest BCUT2D eigenvalue weighted by Gasteiger charge is 2.23. The van der Waals surface area contributed by atoms with Crippen molar-refractivity contribution < 1.29 is 17.2 Å². The normalized spacial score (nSPS) is 11.2. The Morgan fingerprint density at radius 2 is 1.38 bits per heavy atom. The van der Waals surface area contributed by atoms with Crippen LogP contribution in [0.3, 0.4) is 0 Å². The molecule has 0 saturated heterocycles. The molecule has 0 unspecified atom stereocenters. The van der Waals surface area contributed by atoms with E-state index in [0.29, 0.717) is 29.0 Å². The number of nitrogens with one attached hydrogen (secondary N) is 3. The Kier molecular flexibility index (Phi) is 6.37. The van der Waals surface area contributed by atoms with Gasteiger partial charge >= 0.3 is 0 Å². The number of nitrogens with zero attached hydrogens (tertiary/aromatic N) is 3. The van der Waals surface area contributed by atoms with Gasteiger partial charge in [0.05, 0.1) is 0 Å². The molecule has 34 heavy (non-hydrogen) atoms. The third kappa shape index (κ3) is 5.44. The smallest absolute Gasteiger partial charge is 0.267 e. The monoisotopic (exact) mass is 482 g/mol. The van der Waals surface area contributed by atoms with Gasteiger partial charge in [0, 0.05) is 23.6 Å². The lowest BCUT2D eigenvalue weighted by molar-refractivity contribution is 0.521. The summed E-state index contributed by atoms with van der Waals surface area (Å²) in [5, 5.41) is 6.24. The summed E-state index contributed by atoms with van der Waals surface area (Å²) in [6.45, 7) is 3.71. The third-order valence-corrected chi connectivity index (χ3v) is 6.04. The number of pyridine rings is 1. The molecule has 0 aliphatic heterocycles. The molecule has 11 heteroatoms. The summed E-state index contributed by atoms with van der Waals surface area (Å²) >= 11 is 0. The first kappa shape index (κ1) is 23.1. The molecule has 0 aliphatic rings. The Morgan fingerprint density at radius 3 is 2.03 bits per heavy atom. The molecular formula is C23H20F2N6O2S. The van der Waals surface area contributed by atoms with Gasteiger partial charge in [0.2, 0.25) is 0 Å². The van der Waals surface area contributed by atoms with Crippen molar-refractivity contribution in [2.75, 3.05) is 15.4 Å². The molecule has 0 radical (unpaired) electrons. The third-order valence-electron chi connectivity index (χ3n) is 4.61. The molecule has 0 amide bonds. The average molecular weight is 483 g/mol. The minimum absolute atomic E-state index is 0.139. The molecule has 2 aromatic heterocycles. The molecule has 2 heterocycles. The molecule has 0 atom stereocenters. The van der Waals surface area contributed by atoms with Crippen LogP contribution in [0.2, 0.25) is 0 Å². The lowest BCUT2D eigenvalue weighted by Crippen LogP contribution is -2.16. The minimum atomic E-state index is -4.45. The van der Waals surface area contributed by atoms with Crippen LogP contribution in [0.25, 0.3) is 0 Å².